The predicted octanol–water partition coefficient (Wildman–Crippen LogP) is 2.86. The first-order valence-electron chi connectivity index (χ1n) is 11.4. The Kier molecular flexibility index (Phi) is 6.87. The molecule has 2 amide bonds. The van der Waals surface area contributed by atoms with Crippen LogP contribution in [0.3, 0.4) is 0 Å². The molecular formula is C25H32N4O2. The quantitative estimate of drug-likeness (QED) is 0.808. The average molecular weight is 421 g/mol. The van der Waals surface area contributed by atoms with Gasteiger partial charge in [0.1, 0.15) is 0 Å². The molecule has 1 N–H and O–H groups in total. The van der Waals surface area contributed by atoms with Gasteiger partial charge in [-0.2, -0.15) is 0 Å². The van der Waals surface area contributed by atoms with Crippen molar-refractivity contribution in [2.24, 2.45) is 0 Å². The summed E-state index contributed by atoms with van der Waals surface area (Å²) in [4.78, 5) is 32.4. The van der Waals surface area contributed by atoms with Crippen molar-refractivity contribution in [1.29, 1.82) is 0 Å². The molecule has 0 unspecified atom stereocenters. The van der Waals surface area contributed by atoms with Gasteiger partial charge in [-0.15, -0.1) is 0 Å². The molecule has 2 saturated heterocycles. The number of amides is 2. The van der Waals surface area contributed by atoms with E-state index in [9.17, 15) is 9.59 Å². The Morgan fingerprint density at radius 2 is 1.52 bits per heavy atom. The molecule has 2 fully saturated rings. The summed E-state index contributed by atoms with van der Waals surface area (Å²) in [7, 11) is 0. The number of benzene rings is 2. The molecular weight excluding hydrogens is 388 g/mol. The van der Waals surface area contributed by atoms with Gasteiger partial charge in [-0.05, 0) is 43.7 Å². The number of nitrogens with zero attached hydrogens (tertiary/aromatic N) is 3. The van der Waals surface area contributed by atoms with Crippen molar-refractivity contribution in [3.8, 4) is 0 Å². The third kappa shape index (κ3) is 5.07. The minimum absolute atomic E-state index is 0.0131. The molecule has 2 aromatic rings. The van der Waals surface area contributed by atoms with Crippen LogP contribution in [0.15, 0.2) is 54.6 Å². The maximum absolute atomic E-state index is 13.2. The molecule has 0 atom stereocenters. The third-order valence-corrected chi connectivity index (χ3v) is 6.45. The van der Waals surface area contributed by atoms with E-state index in [-0.39, 0.29) is 17.9 Å². The predicted molar refractivity (Wildman–Crippen MR) is 124 cm³/mol. The fourth-order valence-electron chi connectivity index (χ4n) is 4.49. The van der Waals surface area contributed by atoms with Gasteiger partial charge >= 0.3 is 0 Å². The zero-order valence-electron chi connectivity index (χ0n) is 18.3. The Morgan fingerprint density at radius 1 is 0.871 bits per heavy atom. The second kappa shape index (κ2) is 9.96. The number of hydrogen-bond acceptors (Lipinski definition) is 4. The number of carbonyl (C=O) groups excluding carboxylic acids is 2. The van der Waals surface area contributed by atoms with Crippen LogP contribution >= 0.6 is 0 Å². The number of hydrogen-bond donors (Lipinski definition) is 1. The summed E-state index contributed by atoms with van der Waals surface area (Å²) in [6, 6.07) is 17.5. The number of para-hydroxylation sites is 1. The lowest BCUT2D eigenvalue weighted by Crippen LogP contribution is -2.49. The van der Waals surface area contributed by atoms with Crippen molar-refractivity contribution in [2.75, 3.05) is 50.7 Å². The molecule has 0 aliphatic carbocycles. The van der Waals surface area contributed by atoms with E-state index >= 15 is 0 Å². The molecule has 164 valence electrons. The van der Waals surface area contributed by atoms with Crippen molar-refractivity contribution in [2.45, 2.75) is 25.8 Å². The van der Waals surface area contributed by atoms with Gasteiger partial charge in [-0.3, -0.25) is 9.59 Å². The van der Waals surface area contributed by atoms with Gasteiger partial charge < -0.3 is 20.0 Å². The minimum atomic E-state index is -0.0131. The summed E-state index contributed by atoms with van der Waals surface area (Å²) in [5, 5.41) is 3.16. The first-order valence-corrected chi connectivity index (χ1v) is 11.4. The molecule has 4 rings (SSSR count). The highest BCUT2D eigenvalue weighted by Crippen LogP contribution is 2.26. The Bertz CT molecular complexity index is 885. The number of piperidine rings is 1. The molecule has 0 spiro atoms. The number of likely N-dealkylation sites (N-methyl/N-ethyl adjacent to an activating group) is 1. The molecule has 0 saturated carbocycles. The summed E-state index contributed by atoms with van der Waals surface area (Å²) < 4.78 is 0. The van der Waals surface area contributed by atoms with Crippen LogP contribution < -0.4 is 10.2 Å². The smallest absolute Gasteiger partial charge is 0.256 e. The lowest BCUT2D eigenvalue weighted by molar-refractivity contribution is 0.0644. The molecule has 2 aliphatic rings. The highest BCUT2D eigenvalue weighted by atomic mass is 16.2. The molecule has 0 bridgehead atoms. The second-order valence-electron chi connectivity index (χ2n) is 8.34. The summed E-state index contributed by atoms with van der Waals surface area (Å²) in [5.74, 6) is 0.117. The van der Waals surface area contributed by atoms with E-state index in [1.54, 1.807) is 0 Å². The summed E-state index contributed by atoms with van der Waals surface area (Å²) >= 11 is 0. The van der Waals surface area contributed by atoms with Gasteiger partial charge in [0, 0.05) is 56.6 Å². The number of carbonyl (C=O) groups is 2. The second-order valence-corrected chi connectivity index (χ2v) is 8.34. The van der Waals surface area contributed by atoms with Crippen LogP contribution in [0.25, 0.3) is 0 Å². The van der Waals surface area contributed by atoms with Gasteiger partial charge in [0.15, 0.2) is 0 Å². The minimum Gasteiger partial charge on any atom is -0.371 e. The lowest BCUT2D eigenvalue weighted by Gasteiger charge is -2.37. The summed E-state index contributed by atoms with van der Waals surface area (Å²) in [6.07, 6.45) is 1.74. The summed E-state index contributed by atoms with van der Waals surface area (Å²) in [6.45, 7) is 8.31. The van der Waals surface area contributed by atoms with Crippen LogP contribution in [0.2, 0.25) is 0 Å². The largest absolute Gasteiger partial charge is 0.371 e. The Balaban J connectivity index is 1.37. The van der Waals surface area contributed by atoms with Crippen LogP contribution in [0.4, 0.5) is 5.69 Å². The normalized spacial score (nSPS) is 18.1. The fraction of sp³-hybridized carbons (Fsp3) is 0.440. The molecule has 2 aliphatic heterocycles. The van der Waals surface area contributed by atoms with E-state index in [0.717, 1.165) is 69.9 Å². The zero-order valence-corrected chi connectivity index (χ0v) is 18.3. The maximum Gasteiger partial charge on any atom is 0.256 e. The van der Waals surface area contributed by atoms with E-state index in [4.69, 9.17) is 0 Å². The van der Waals surface area contributed by atoms with Crippen molar-refractivity contribution in [3.63, 3.8) is 0 Å². The van der Waals surface area contributed by atoms with Crippen molar-refractivity contribution < 1.29 is 9.59 Å². The zero-order chi connectivity index (χ0) is 21.6. The first-order chi connectivity index (χ1) is 15.2. The number of anilines is 1. The van der Waals surface area contributed by atoms with E-state index in [1.807, 2.05) is 53.4 Å². The van der Waals surface area contributed by atoms with Crippen LogP contribution in [0, 0.1) is 0 Å². The Hall–Kier alpha value is -2.86. The molecule has 6 heteroatoms. The number of piperazine rings is 1. The van der Waals surface area contributed by atoms with E-state index < -0.39 is 0 Å². The number of rotatable bonds is 5. The SMILES string of the molecule is CCN1CCN(C(=O)c2ccccc2N2CCC(NC(=O)c3ccccc3)CC2)CC1. The topological polar surface area (TPSA) is 55.9 Å². The van der Waals surface area contributed by atoms with E-state index in [0.29, 0.717) is 5.56 Å². The van der Waals surface area contributed by atoms with E-state index in [2.05, 4.69) is 28.1 Å². The lowest BCUT2D eigenvalue weighted by atomic mass is 10.0. The van der Waals surface area contributed by atoms with Crippen LogP contribution in [-0.2, 0) is 0 Å². The Labute approximate surface area is 184 Å². The molecule has 6 nitrogen and oxygen atoms in total. The van der Waals surface area contributed by atoms with Crippen molar-refractivity contribution in [1.82, 2.24) is 15.1 Å². The Morgan fingerprint density at radius 3 is 2.19 bits per heavy atom. The van der Waals surface area contributed by atoms with Gasteiger partial charge in [-0.25, -0.2) is 0 Å². The first kappa shape index (κ1) is 21.4. The molecule has 0 aromatic heterocycles. The van der Waals surface area contributed by atoms with Gasteiger partial charge in [0.25, 0.3) is 11.8 Å². The fourth-order valence-corrected chi connectivity index (χ4v) is 4.49. The van der Waals surface area contributed by atoms with Crippen molar-refractivity contribution in [3.05, 3.63) is 65.7 Å². The van der Waals surface area contributed by atoms with Crippen LogP contribution in [0.5, 0.6) is 0 Å². The van der Waals surface area contributed by atoms with Gasteiger partial charge in [-0.1, -0.05) is 37.3 Å². The average Bonchev–Trinajstić information content (AvgIpc) is 2.84. The van der Waals surface area contributed by atoms with Gasteiger partial charge in [0.05, 0.1) is 5.56 Å². The standard InChI is InChI=1S/C25H32N4O2/c1-2-27-16-18-29(19-17-27)25(31)22-10-6-7-11-23(22)28-14-12-21(13-15-28)26-24(30)20-8-4-3-5-9-20/h3-11,21H,2,12-19H2,1H3,(H,26,30). The van der Waals surface area contributed by atoms with E-state index in [1.165, 1.54) is 0 Å². The van der Waals surface area contributed by atoms with Crippen molar-refractivity contribution >= 4 is 17.5 Å². The maximum atomic E-state index is 13.2. The monoisotopic (exact) mass is 420 g/mol. The highest BCUT2D eigenvalue weighted by Gasteiger charge is 2.27. The van der Waals surface area contributed by atoms with Gasteiger partial charge in [0.2, 0.25) is 0 Å². The molecule has 0 radical (unpaired) electrons. The summed E-state index contributed by atoms with van der Waals surface area (Å²) in [5.41, 5.74) is 2.50. The molecule has 31 heavy (non-hydrogen) atoms. The molecule has 2 heterocycles. The molecule has 2 aromatic carbocycles. The van der Waals surface area contributed by atoms with Crippen LogP contribution in [0.1, 0.15) is 40.5 Å². The highest BCUT2D eigenvalue weighted by molar-refractivity contribution is 6.00. The number of nitrogens with one attached hydrogen (secondary N) is 1. The third-order valence-electron chi connectivity index (χ3n) is 6.45. The van der Waals surface area contributed by atoms with Crippen LogP contribution in [-0.4, -0.2) is 73.5 Å².